The zero-order valence-electron chi connectivity index (χ0n) is 18.1. The highest BCUT2D eigenvalue weighted by Crippen LogP contribution is 2.21. The maximum atomic E-state index is 12.2. The van der Waals surface area contributed by atoms with Gasteiger partial charge < -0.3 is 13.7 Å². The Morgan fingerprint density at radius 3 is 2.47 bits per heavy atom. The lowest BCUT2D eigenvalue weighted by atomic mass is 10.0. The Morgan fingerprint density at radius 1 is 1.06 bits per heavy atom. The van der Waals surface area contributed by atoms with Crippen LogP contribution in [-0.2, 0) is 22.4 Å². The molecule has 32 heavy (non-hydrogen) atoms. The summed E-state index contributed by atoms with van der Waals surface area (Å²) in [6.07, 6.45) is 4.81. The highest BCUT2D eigenvalue weighted by atomic mass is 16.5. The number of hydrogen-bond acceptors (Lipinski definition) is 4. The first kappa shape index (κ1) is 21.2. The number of rotatable bonds is 6. The van der Waals surface area contributed by atoms with Crippen LogP contribution in [0, 0.1) is 18.8 Å². The molecule has 1 atom stereocenters. The van der Waals surface area contributed by atoms with Crippen LogP contribution in [0.4, 0.5) is 0 Å². The maximum absolute atomic E-state index is 12.2. The SMILES string of the molecule is COC(=O)C(Cc1ccc(C#CCc2nc(-c3ccccc3)oc2C)cc1)n1cccc1. The molecular formula is C27H24N2O3. The third-order valence-electron chi connectivity index (χ3n) is 5.25. The second kappa shape index (κ2) is 9.84. The van der Waals surface area contributed by atoms with Gasteiger partial charge in [0.1, 0.15) is 11.8 Å². The van der Waals surface area contributed by atoms with Crippen LogP contribution in [0.5, 0.6) is 0 Å². The van der Waals surface area contributed by atoms with Crippen molar-refractivity contribution in [2.45, 2.75) is 25.8 Å². The van der Waals surface area contributed by atoms with E-state index in [1.807, 2.05) is 90.6 Å². The molecule has 0 N–H and O–H groups in total. The molecule has 0 saturated carbocycles. The molecule has 0 fully saturated rings. The molecule has 2 heterocycles. The standard InChI is InChI=1S/C27H24N2O3/c1-20-24(28-26(32-20)23-10-4-3-5-11-23)12-8-9-21-13-15-22(16-14-21)19-25(27(30)31-2)29-17-6-7-18-29/h3-7,10-11,13-18,25H,12,19H2,1-2H3. The van der Waals surface area contributed by atoms with E-state index in [4.69, 9.17) is 9.15 Å². The van der Waals surface area contributed by atoms with Gasteiger partial charge in [-0.2, -0.15) is 0 Å². The van der Waals surface area contributed by atoms with Crippen molar-refractivity contribution in [3.05, 3.63) is 102 Å². The van der Waals surface area contributed by atoms with Gasteiger partial charge in [-0.05, 0) is 48.9 Å². The summed E-state index contributed by atoms with van der Waals surface area (Å²) >= 11 is 0. The largest absolute Gasteiger partial charge is 0.467 e. The highest BCUT2D eigenvalue weighted by molar-refractivity contribution is 5.74. The van der Waals surface area contributed by atoms with Gasteiger partial charge in [0.15, 0.2) is 0 Å². The van der Waals surface area contributed by atoms with Gasteiger partial charge in [-0.1, -0.05) is 42.2 Å². The Balaban J connectivity index is 1.42. The number of nitrogens with zero attached hydrogens (tertiary/aromatic N) is 2. The Bertz CT molecular complexity index is 1230. The maximum Gasteiger partial charge on any atom is 0.329 e. The highest BCUT2D eigenvalue weighted by Gasteiger charge is 2.20. The first-order chi connectivity index (χ1) is 15.6. The lowest BCUT2D eigenvalue weighted by Crippen LogP contribution is -2.22. The molecule has 5 heteroatoms. The van der Waals surface area contributed by atoms with E-state index in [2.05, 4.69) is 16.8 Å². The summed E-state index contributed by atoms with van der Waals surface area (Å²) in [5, 5.41) is 0. The number of methoxy groups -OCH3 is 1. The van der Waals surface area contributed by atoms with Crippen molar-refractivity contribution >= 4 is 5.97 Å². The van der Waals surface area contributed by atoms with E-state index in [-0.39, 0.29) is 12.0 Å². The Morgan fingerprint density at radius 2 is 1.78 bits per heavy atom. The molecule has 2 aromatic heterocycles. The van der Waals surface area contributed by atoms with Crippen LogP contribution < -0.4 is 0 Å². The van der Waals surface area contributed by atoms with Crippen molar-refractivity contribution < 1.29 is 13.9 Å². The van der Waals surface area contributed by atoms with E-state index in [0.717, 1.165) is 28.1 Å². The van der Waals surface area contributed by atoms with Crippen LogP contribution >= 0.6 is 0 Å². The summed E-state index contributed by atoms with van der Waals surface area (Å²) in [5.74, 6) is 7.51. The topological polar surface area (TPSA) is 57.3 Å². The molecule has 1 unspecified atom stereocenters. The van der Waals surface area contributed by atoms with Crippen LogP contribution in [0.1, 0.15) is 28.6 Å². The third-order valence-corrected chi connectivity index (χ3v) is 5.25. The summed E-state index contributed by atoms with van der Waals surface area (Å²) in [5.41, 5.74) is 3.75. The van der Waals surface area contributed by atoms with Crippen LogP contribution in [-0.4, -0.2) is 22.6 Å². The molecule has 2 aromatic carbocycles. The molecule has 0 aliphatic rings. The van der Waals surface area contributed by atoms with Gasteiger partial charge in [0.05, 0.1) is 19.2 Å². The number of aryl methyl sites for hydroxylation is 1. The van der Waals surface area contributed by atoms with Crippen molar-refractivity contribution in [1.29, 1.82) is 0 Å². The second-order valence-corrected chi connectivity index (χ2v) is 7.44. The zero-order chi connectivity index (χ0) is 22.3. The molecule has 0 spiro atoms. The molecule has 5 nitrogen and oxygen atoms in total. The van der Waals surface area contributed by atoms with Crippen molar-refractivity contribution in [2.75, 3.05) is 7.11 Å². The molecule has 0 radical (unpaired) electrons. The third kappa shape index (κ3) is 4.98. The normalized spacial score (nSPS) is 11.4. The van der Waals surface area contributed by atoms with Gasteiger partial charge in [0.2, 0.25) is 5.89 Å². The first-order valence-electron chi connectivity index (χ1n) is 10.4. The van der Waals surface area contributed by atoms with Crippen molar-refractivity contribution in [3.63, 3.8) is 0 Å². The van der Waals surface area contributed by atoms with Crippen LogP contribution in [0.15, 0.2) is 83.5 Å². The Kier molecular flexibility index (Phi) is 6.52. The van der Waals surface area contributed by atoms with Crippen LogP contribution in [0.25, 0.3) is 11.5 Å². The van der Waals surface area contributed by atoms with E-state index in [9.17, 15) is 4.79 Å². The average Bonchev–Trinajstić information content (AvgIpc) is 3.49. The van der Waals surface area contributed by atoms with Crippen molar-refractivity contribution in [2.24, 2.45) is 0 Å². The van der Waals surface area contributed by atoms with Gasteiger partial charge in [-0.15, -0.1) is 0 Å². The molecule has 0 aliphatic carbocycles. The monoisotopic (exact) mass is 424 g/mol. The van der Waals surface area contributed by atoms with Gasteiger partial charge in [-0.25, -0.2) is 9.78 Å². The molecule has 0 aliphatic heterocycles. The number of aromatic nitrogens is 2. The van der Waals surface area contributed by atoms with Gasteiger partial charge in [-0.3, -0.25) is 0 Å². The summed E-state index contributed by atoms with van der Waals surface area (Å²) < 4.78 is 12.6. The molecule has 0 bridgehead atoms. The second-order valence-electron chi connectivity index (χ2n) is 7.44. The number of carbonyl (C=O) groups excluding carboxylic acids is 1. The zero-order valence-corrected chi connectivity index (χ0v) is 18.1. The predicted octanol–water partition coefficient (Wildman–Crippen LogP) is 5.00. The Labute approximate surface area is 187 Å². The number of ether oxygens (including phenoxy) is 1. The van der Waals surface area contributed by atoms with Crippen LogP contribution in [0.2, 0.25) is 0 Å². The average molecular weight is 425 g/mol. The van der Waals surface area contributed by atoms with Crippen LogP contribution in [0.3, 0.4) is 0 Å². The minimum atomic E-state index is -0.388. The fraction of sp³-hybridized carbons (Fsp3) is 0.185. The number of oxazole rings is 1. The molecule has 0 amide bonds. The van der Waals surface area contributed by atoms with E-state index in [0.29, 0.717) is 18.7 Å². The number of benzene rings is 2. The minimum Gasteiger partial charge on any atom is -0.467 e. The lowest BCUT2D eigenvalue weighted by molar-refractivity contribution is -0.144. The number of hydrogen-bond donors (Lipinski definition) is 0. The molecule has 4 rings (SSSR count). The fourth-order valence-electron chi connectivity index (χ4n) is 3.48. The molecule has 0 saturated heterocycles. The Hall–Kier alpha value is -4.04. The minimum absolute atomic E-state index is 0.261. The first-order valence-corrected chi connectivity index (χ1v) is 10.4. The summed E-state index contributed by atoms with van der Waals surface area (Å²) in [4.78, 5) is 16.8. The van der Waals surface area contributed by atoms with Gasteiger partial charge >= 0.3 is 5.97 Å². The summed E-state index contributed by atoms with van der Waals surface area (Å²) in [6.45, 7) is 1.91. The van der Waals surface area contributed by atoms with E-state index >= 15 is 0 Å². The number of esters is 1. The van der Waals surface area contributed by atoms with E-state index < -0.39 is 0 Å². The number of carbonyl (C=O) groups is 1. The van der Waals surface area contributed by atoms with Crippen molar-refractivity contribution in [3.8, 4) is 23.3 Å². The molecule has 4 aromatic rings. The molecule has 160 valence electrons. The lowest BCUT2D eigenvalue weighted by Gasteiger charge is -2.16. The van der Waals surface area contributed by atoms with Crippen molar-refractivity contribution in [1.82, 2.24) is 9.55 Å². The summed E-state index contributed by atoms with van der Waals surface area (Å²) in [6, 6.07) is 21.2. The molecular weight excluding hydrogens is 400 g/mol. The van der Waals surface area contributed by atoms with Gasteiger partial charge in [0, 0.05) is 29.9 Å². The predicted molar refractivity (Wildman–Crippen MR) is 123 cm³/mol. The van der Waals surface area contributed by atoms with Gasteiger partial charge in [0.25, 0.3) is 0 Å². The smallest absolute Gasteiger partial charge is 0.329 e. The summed E-state index contributed by atoms with van der Waals surface area (Å²) in [7, 11) is 1.41. The fourth-order valence-corrected chi connectivity index (χ4v) is 3.48. The van der Waals surface area contributed by atoms with E-state index in [1.54, 1.807) is 0 Å². The quantitative estimate of drug-likeness (QED) is 0.323. The van der Waals surface area contributed by atoms with E-state index in [1.165, 1.54) is 7.11 Å².